The van der Waals surface area contributed by atoms with Crippen LogP contribution in [0.2, 0.25) is 0 Å². The number of hydrazine groups is 1. The topological polar surface area (TPSA) is 119 Å². The summed E-state index contributed by atoms with van der Waals surface area (Å²) >= 11 is 0. The predicted octanol–water partition coefficient (Wildman–Crippen LogP) is 4.01. The van der Waals surface area contributed by atoms with E-state index in [1.54, 1.807) is 11.1 Å². The second-order valence-electron chi connectivity index (χ2n) is 10.7. The van der Waals surface area contributed by atoms with Crippen LogP contribution in [0.5, 0.6) is 0 Å². The summed E-state index contributed by atoms with van der Waals surface area (Å²) in [6.45, 7) is 7.05. The van der Waals surface area contributed by atoms with Gasteiger partial charge in [0.15, 0.2) is 5.78 Å². The van der Waals surface area contributed by atoms with E-state index in [4.69, 9.17) is 4.74 Å². The van der Waals surface area contributed by atoms with Gasteiger partial charge in [0.2, 0.25) is 0 Å². The smallest absolute Gasteiger partial charge is 0.333 e. The molecule has 11 heteroatoms. The lowest BCUT2D eigenvalue weighted by Crippen LogP contribution is -2.49. The van der Waals surface area contributed by atoms with Crippen LogP contribution < -0.4 is 15.6 Å². The van der Waals surface area contributed by atoms with Crippen molar-refractivity contribution >= 4 is 23.3 Å². The number of morpholine rings is 1. The van der Waals surface area contributed by atoms with Crippen molar-refractivity contribution in [2.75, 3.05) is 62.7 Å². The highest BCUT2D eigenvalue weighted by Crippen LogP contribution is 2.43. The minimum absolute atomic E-state index is 0. The molecule has 0 unspecified atom stereocenters. The normalized spacial score (nSPS) is 16.7. The van der Waals surface area contributed by atoms with E-state index in [2.05, 4.69) is 53.9 Å². The number of nitrogens with zero attached hydrogens (tertiary/aromatic N) is 5. The van der Waals surface area contributed by atoms with Crippen LogP contribution in [0.15, 0.2) is 66.9 Å². The molecule has 2 aliphatic heterocycles. The van der Waals surface area contributed by atoms with Gasteiger partial charge in [-0.05, 0) is 23.8 Å². The number of aromatic amines is 1. The number of benzene rings is 2. The number of nitrogens with one attached hydrogen (secondary N) is 3. The Balaban J connectivity index is 0.00000329. The zero-order chi connectivity index (χ0) is 28.5. The Bertz CT molecular complexity index is 1590. The van der Waals surface area contributed by atoms with Crippen LogP contribution in [-0.4, -0.2) is 89.4 Å². The second kappa shape index (κ2) is 12.3. The summed E-state index contributed by atoms with van der Waals surface area (Å²) in [7, 11) is 0. The summed E-state index contributed by atoms with van der Waals surface area (Å²) in [5, 5.41) is 12.3. The Morgan fingerprint density at radius 2 is 1.70 bits per heavy atom. The quantitative estimate of drug-likeness (QED) is 0.276. The first-order valence-corrected chi connectivity index (χ1v) is 14.3. The van der Waals surface area contributed by atoms with Crippen LogP contribution in [0.4, 0.5) is 16.3 Å². The fraction of sp³-hybridized carbons (Fsp3) is 0.312. The molecule has 0 saturated carbocycles. The van der Waals surface area contributed by atoms with E-state index >= 15 is 0 Å². The summed E-state index contributed by atoms with van der Waals surface area (Å²) in [4.78, 5) is 35.7. The number of carbonyl (C=O) groups is 2. The highest BCUT2D eigenvalue weighted by atomic mass is 16.5. The molecule has 4 aromatic rings. The van der Waals surface area contributed by atoms with Gasteiger partial charge in [0.05, 0.1) is 35.7 Å². The number of ketones is 1. The van der Waals surface area contributed by atoms with Gasteiger partial charge in [0.1, 0.15) is 11.5 Å². The van der Waals surface area contributed by atoms with Crippen molar-refractivity contribution in [2.45, 2.75) is 14.0 Å². The van der Waals surface area contributed by atoms with Gasteiger partial charge in [-0.25, -0.2) is 14.8 Å². The maximum atomic E-state index is 13.7. The predicted molar refractivity (Wildman–Crippen MR) is 166 cm³/mol. The fourth-order valence-corrected chi connectivity index (χ4v) is 5.87. The van der Waals surface area contributed by atoms with E-state index in [0.29, 0.717) is 54.5 Å². The monoisotopic (exact) mass is 580 g/mol. The summed E-state index contributed by atoms with van der Waals surface area (Å²) in [5.74, 6) is 0.879. The number of hydrogen-bond donors (Lipinski definition) is 3. The zero-order valence-corrected chi connectivity index (χ0v) is 23.2. The molecule has 7 rings (SSSR count). The lowest BCUT2D eigenvalue weighted by Gasteiger charge is -2.35. The first-order chi connectivity index (χ1) is 20.6. The van der Waals surface area contributed by atoms with Crippen molar-refractivity contribution in [3.8, 4) is 22.5 Å². The molecule has 2 aromatic carbocycles. The molecule has 3 N–H and O–H groups in total. The molecule has 222 valence electrons. The van der Waals surface area contributed by atoms with Crippen LogP contribution >= 0.6 is 0 Å². The lowest BCUT2D eigenvalue weighted by atomic mass is 10.0. The lowest BCUT2D eigenvalue weighted by molar-refractivity contribution is 0.0207. The molecule has 2 saturated heterocycles. The van der Waals surface area contributed by atoms with Gasteiger partial charge >= 0.3 is 6.03 Å². The van der Waals surface area contributed by atoms with Crippen LogP contribution in [0.1, 0.15) is 28.9 Å². The number of pyridine rings is 1. The molecule has 0 bridgehead atoms. The van der Waals surface area contributed by atoms with Crippen LogP contribution in [0.25, 0.3) is 22.5 Å². The number of ether oxygens (including phenoxy) is 1. The summed E-state index contributed by atoms with van der Waals surface area (Å²) in [6, 6.07) is 19.4. The summed E-state index contributed by atoms with van der Waals surface area (Å²) < 4.78 is 5.33. The van der Waals surface area contributed by atoms with Crippen molar-refractivity contribution in [2.24, 2.45) is 0 Å². The zero-order valence-electron chi connectivity index (χ0n) is 23.2. The Labute approximate surface area is 250 Å². The van der Waals surface area contributed by atoms with Gasteiger partial charge in [-0.15, -0.1) is 0 Å². The van der Waals surface area contributed by atoms with Gasteiger partial charge < -0.3 is 15.0 Å². The molecule has 0 atom stereocenters. The van der Waals surface area contributed by atoms with Gasteiger partial charge in [0, 0.05) is 63.1 Å². The van der Waals surface area contributed by atoms with Gasteiger partial charge in [-0.2, -0.15) is 5.10 Å². The number of piperazine rings is 1. The first kappa shape index (κ1) is 28.5. The van der Waals surface area contributed by atoms with E-state index in [-0.39, 0.29) is 19.2 Å². The Hall–Kier alpha value is -4.58. The molecule has 0 spiro atoms. The number of fused-ring (bicyclic) bond motifs is 3. The summed E-state index contributed by atoms with van der Waals surface area (Å²) in [6.07, 6.45) is 1.84. The largest absolute Gasteiger partial charge is 0.379 e. The number of H-pyrrole nitrogens is 1. The van der Waals surface area contributed by atoms with Gasteiger partial charge in [0.25, 0.3) is 0 Å². The molecule has 4 heterocycles. The average Bonchev–Trinajstić information content (AvgIpc) is 3.59. The Morgan fingerprint density at radius 1 is 0.907 bits per heavy atom. The minimum atomic E-state index is -0.388. The van der Waals surface area contributed by atoms with E-state index < -0.39 is 0 Å². The molecule has 0 radical (unpaired) electrons. The Morgan fingerprint density at radius 3 is 2.44 bits per heavy atom. The van der Waals surface area contributed by atoms with Gasteiger partial charge in [-0.1, -0.05) is 49.9 Å². The van der Waals surface area contributed by atoms with Crippen molar-refractivity contribution in [1.82, 2.24) is 30.5 Å². The van der Waals surface area contributed by atoms with Gasteiger partial charge in [-0.3, -0.25) is 20.2 Å². The van der Waals surface area contributed by atoms with Crippen molar-refractivity contribution in [3.05, 3.63) is 83.6 Å². The molecule has 43 heavy (non-hydrogen) atoms. The second-order valence-corrected chi connectivity index (χ2v) is 10.7. The van der Waals surface area contributed by atoms with E-state index in [1.807, 2.05) is 42.6 Å². The van der Waals surface area contributed by atoms with Crippen molar-refractivity contribution < 1.29 is 14.3 Å². The van der Waals surface area contributed by atoms with E-state index in [1.165, 1.54) is 5.56 Å². The highest BCUT2D eigenvalue weighted by Gasteiger charge is 2.35. The first-order valence-electron chi connectivity index (χ1n) is 14.3. The van der Waals surface area contributed by atoms with E-state index in [0.717, 1.165) is 49.7 Å². The highest BCUT2D eigenvalue weighted by molar-refractivity contribution is 6.26. The molecular formula is C32H36N8O3. The number of amides is 2. The SMILES string of the molecule is C.O=C(Nc1cccc2c1C(=O)c1c(-c3ccc(CN4CCN(c5ccccn5)CC4)cc3)n[nH]c1-2)NN1CCOCC1. The third-order valence-electron chi connectivity index (χ3n) is 8.05. The molecule has 2 fully saturated rings. The van der Waals surface area contributed by atoms with Crippen LogP contribution in [-0.2, 0) is 11.3 Å². The minimum Gasteiger partial charge on any atom is -0.379 e. The van der Waals surface area contributed by atoms with E-state index in [9.17, 15) is 9.59 Å². The maximum Gasteiger partial charge on any atom is 0.333 e. The molecule has 3 aliphatic rings. The van der Waals surface area contributed by atoms with Crippen molar-refractivity contribution in [1.29, 1.82) is 0 Å². The molecule has 11 nitrogen and oxygen atoms in total. The number of rotatable bonds is 6. The standard InChI is InChI=1S/C31H32N8O3.CH4/c40-30-26-23(4-3-5-24(26)33-31(41)36-39-16-18-42-19-17-39)29-27(30)28(34-35-29)22-9-7-21(8-10-22)20-37-12-14-38(15-13-37)25-6-1-2-11-32-25;/h1-11H,12-20H2,(H,34,35)(H2,33,36,41);1H4. The number of hydrogen-bond acceptors (Lipinski definition) is 8. The summed E-state index contributed by atoms with van der Waals surface area (Å²) in [5.41, 5.74) is 8.42. The molecule has 2 aromatic heterocycles. The fourth-order valence-electron chi connectivity index (χ4n) is 5.87. The maximum absolute atomic E-state index is 13.7. The number of aromatic nitrogens is 3. The van der Waals surface area contributed by atoms with Crippen LogP contribution in [0, 0.1) is 0 Å². The molecule has 2 amide bonds. The molecule has 1 aliphatic carbocycles. The number of anilines is 2. The third-order valence-corrected chi connectivity index (χ3v) is 8.05. The number of urea groups is 1. The van der Waals surface area contributed by atoms with Crippen LogP contribution in [0.3, 0.4) is 0 Å². The Kier molecular flexibility index (Phi) is 8.19. The number of carbonyl (C=O) groups excluding carboxylic acids is 2. The third kappa shape index (κ3) is 5.74. The van der Waals surface area contributed by atoms with Crippen molar-refractivity contribution in [3.63, 3.8) is 0 Å². The molecular weight excluding hydrogens is 544 g/mol. The average molecular weight is 581 g/mol.